The molecule has 7 nitrogen and oxygen atoms in total. The molecule has 2 N–H and O–H groups in total. The number of hydrazone groups is 1. The van der Waals surface area contributed by atoms with Crippen LogP contribution in [-0.2, 0) is 0 Å². The molecule has 1 aromatic rings. The number of tetrazole rings is 1. The average Bonchev–Trinajstić information content (AvgIpc) is 2.91. The van der Waals surface area contributed by atoms with Crippen LogP contribution in [0.2, 0.25) is 0 Å². The molecule has 0 spiro atoms. The number of nitrogens with zero attached hydrogens (tertiary/aromatic N) is 5. The van der Waals surface area contributed by atoms with Crippen LogP contribution in [0.1, 0.15) is 44.3 Å². The number of aromatic amines is 1. The zero-order valence-corrected chi connectivity index (χ0v) is 11.2. The number of rotatable bonds is 3. The van der Waals surface area contributed by atoms with Crippen molar-refractivity contribution in [3.8, 4) is 6.07 Å². The summed E-state index contributed by atoms with van der Waals surface area (Å²) < 4.78 is 0. The molecule has 0 aliphatic heterocycles. The fraction of sp³-hybridized carbons (Fsp3) is 0.769. The van der Waals surface area contributed by atoms with E-state index in [2.05, 4.69) is 31.2 Å². The van der Waals surface area contributed by atoms with Crippen molar-refractivity contribution < 1.29 is 0 Å². The van der Waals surface area contributed by atoms with E-state index < -0.39 is 0 Å². The number of hydrogen-bond donors (Lipinski definition) is 2. The van der Waals surface area contributed by atoms with Gasteiger partial charge in [-0.1, -0.05) is 0 Å². The van der Waals surface area contributed by atoms with Gasteiger partial charge in [0.05, 0.1) is 5.54 Å². The Morgan fingerprint density at radius 2 is 1.90 bits per heavy atom. The smallest absolute Gasteiger partial charge is 0.235 e. The minimum Gasteiger partial charge on any atom is -0.303 e. The third-order valence-corrected chi connectivity index (χ3v) is 5.11. The zero-order valence-electron chi connectivity index (χ0n) is 11.2. The molecule has 4 fully saturated rings. The van der Waals surface area contributed by atoms with E-state index in [0.717, 1.165) is 17.8 Å². The van der Waals surface area contributed by atoms with E-state index in [4.69, 9.17) is 5.26 Å². The van der Waals surface area contributed by atoms with Crippen molar-refractivity contribution in [2.75, 3.05) is 0 Å². The van der Waals surface area contributed by atoms with Gasteiger partial charge in [0.25, 0.3) is 0 Å². The summed E-state index contributed by atoms with van der Waals surface area (Å²) in [6, 6.07) is 2.04. The summed E-state index contributed by atoms with van der Waals surface area (Å²) in [7, 11) is 0. The molecule has 0 aromatic carbocycles. The molecule has 0 unspecified atom stereocenters. The highest BCUT2D eigenvalue weighted by Crippen LogP contribution is 2.55. The fourth-order valence-electron chi connectivity index (χ4n) is 4.81. The predicted molar refractivity (Wildman–Crippen MR) is 70.4 cm³/mol. The Hall–Kier alpha value is -1.97. The van der Waals surface area contributed by atoms with Crippen molar-refractivity contribution in [2.45, 2.75) is 44.1 Å². The molecule has 0 amide bonds. The first-order valence-corrected chi connectivity index (χ1v) is 7.25. The van der Waals surface area contributed by atoms with E-state index in [9.17, 15) is 0 Å². The maximum Gasteiger partial charge on any atom is 0.235 e. The molecule has 4 aliphatic carbocycles. The molecule has 0 radical (unpaired) electrons. The van der Waals surface area contributed by atoms with Gasteiger partial charge < -0.3 is 5.43 Å². The Bertz CT molecular complexity index is 533. The van der Waals surface area contributed by atoms with Gasteiger partial charge in [0.15, 0.2) is 0 Å². The predicted octanol–water partition coefficient (Wildman–Crippen LogP) is 0.986. The van der Waals surface area contributed by atoms with Gasteiger partial charge in [0.1, 0.15) is 6.07 Å². The van der Waals surface area contributed by atoms with Crippen LogP contribution >= 0.6 is 0 Å². The Morgan fingerprint density at radius 1 is 1.25 bits per heavy atom. The lowest BCUT2D eigenvalue weighted by Gasteiger charge is -2.56. The standard InChI is InChI=1S/C13H17N7/c14-7-11(12-16-19-20-17-12)15-18-13-4-8-1-9(5-13)3-10(2-8)6-13/h8-10,18H,1-6H2,(H,16,17,19,20)/b15-11+. The van der Waals surface area contributed by atoms with E-state index in [0.29, 0.717) is 0 Å². The second kappa shape index (κ2) is 4.27. The van der Waals surface area contributed by atoms with Gasteiger partial charge in [0.2, 0.25) is 11.5 Å². The maximum atomic E-state index is 9.17. The average molecular weight is 271 g/mol. The first-order chi connectivity index (χ1) is 9.76. The molecule has 1 heterocycles. The molecule has 7 heteroatoms. The fourth-order valence-corrected chi connectivity index (χ4v) is 4.81. The molecule has 104 valence electrons. The van der Waals surface area contributed by atoms with Gasteiger partial charge in [-0.3, -0.25) is 0 Å². The molecule has 0 atom stereocenters. The lowest BCUT2D eigenvalue weighted by Crippen LogP contribution is -2.57. The summed E-state index contributed by atoms with van der Waals surface area (Å²) in [6.45, 7) is 0. The monoisotopic (exact) mass is 271 g/mol. The van der Waals surface area contributed by atoms with E-state index >= 15 is 0 Å². The topological polar surface area (TPSA) is 103 Å². The van der Waals surface area contributed by atoms with Crippen molar-refractivity contribution in [1.82, 2.24) is 26.0 Å². The minimum atomic E-state index is 0.0978. The molecule has 4 bridgehead atoms. The van der Waals surface area contributed by atoms with Crippen LogP contribution in [0.3, 0.4) is 0 Å². The van der Waals surface area contributed by atoms with Crippen LogP contribution in [0.25, 0.3) is 0 Å². The van der Waals surface area contributed by atoms with Crippen LogP contribution in [0.5, 0.6) is 0 Å². The van der Waals surface area contributed by atoms with Crippen LogP contribution < -0.4 is 5.43 Å². The molecule has 1 aromatic heterocycles. The van der Waals surface area contributed by atoms with Gasteiger partial charge in [0, 0.05) is 0 Å². The third-order valence-electron chi connectivity index (χ3n) is 5.11. The summed E-state index contributed by atoms with van der Waals surface area (Å²) in [5, 5.41) is 26.9. The maximum absolute atomic E-state index is 9.17. The number of aromatic nitrogens is 4. The molecule has 20 heavy (non-hydrogen) atoms. The van der Waals surface area contributed by atoms with Crippen LogP contribution in [-0.4, -0.2) is 31.9 Å². The first kappa shape index (κ1) is 11.8. The second-order valence-corrected chi connectivity index (χ2v) is 6.62. The van der Waals surface area contributed by atoms with E-state index in [-0.39, 0.29) is 17.1 Å². The van der Waals surface area contributed by atoms with Crippen molar-refractivity contribution in [3.05, 3.63) is 5.82 Å². The van der Waals surface area contributed by atoms with E-state index in [1.807, 2.05) is 6.07 Å². The number of H-pyrrole nitrogens is 1. The molecule has 4 aliphatic rings. The SMILES string of the molecule is N#C/C(=N\NC12CC3CC(CC(C3)C1)C2)c1nn[nH]n1. The Kier molecular flexibility index (Phi) is 2.52. The van der Waals surface area contributed by atoms with Crippen molar-refractivity contribution in [3.63, 3.8) is 0 Å². The van der Waals surface area contributed by atoms with E-state index in [1.165, 1.54) is 38.5 Å². The molecule has 0 saturated heterocycles. The highest BCUT2D eigenvalue weighted by atomic mass is 15.5. The van der Waals surface area contributed by atoms with Gasteiger partial charge in [-0.15, -0.1) is 10.2 Å². The van der Waals surface area contributed by atoms with Crippen molar-refractivity contribution >= 4 is 5.71 Å². The second-order valence-electron chi connectivity index (χ2n) is 6.62. The summed E-state index contributed by atoms with van der Waals surface area (Å²) in [5.74, 6) is 2.80. The molecular weight excluding hydrogens is 254 g/mol. The minimum absolute atomic E-state index is 0.0978. The van der Waals surface area contributed by atoms with Crippen LogP contribution in [0.4, 0.5) is 0 Å². The van der Waals surface area contributed by atoms with Gasteiger partial charge in [-0.05, 0) is 61.5 Å². The first-order valence-electron chi connectivity index (χ1n) is 7.25. The Labute approximate surface area is 116 Å². The molecule has 4 saturated carbocycles. The lowest BCUT2D eigenvalue weighted by atomic mass is 9.53. The Morgan fingerprint density at radius 3 is 2.40 bits per heavy atom. The summed E-state index contributed by atoms with van der Waals surface area (Å²) in [5.41, 5.74) is 3.61. The largest absolute Gasteiger partial charge is 0.303 e. The number of nitriles is 1. The highest BCUT2D eigenvalue weighted by Gasteiger charge is 2.51. The number of hydrogen-bond acceptors (Lipinski definition) is 6. The van der Waals surface area contributed by atoms with Gasteiger partial charge >= 0.3 is 0 Å². The van der Waals surface area contributed by atoms with E-state index in [1.54, 1.807) is 0 Å². The van der Waals surface area contributed by atoms with Crippen molar-refractivity contribution in [2.24, 2.45) is 22.9 Å². The molecule has 5 rings (SSSR count). The normalized spacial score (nSPS) is 38.8. The summed E-state index contributed by atoms with van der Waals surface area (Å²) >= 11 is 0. The third kappa shape index (κ3) is 1.87. The zero-order chi connectivity index (χ0) is 13.6. The number of nitrogens with one attached hydrogen (secondary N) is 2. The van der Waals surface area contributed by atoms with Gasteiger partial charge in [-0.25, -0.2) is 0 Å². The van der Waals surface area contributed by atoms with Gasteiger partial charge in [-0.2, -0.15) is 15.6 Å². The van der Waals surface area contributed by atoms with Crippen LogP contribution in [0.15, 0.2) is 5.10 Å². The quantitative estimate of drug-likeness (QED) is 0.630. The summed E-state index contributed by atoms with van der Waals surface area (Å²) in [4.78, 5) is 0. The molecular formula is C13H17N7. The lowest BCUT2D eigenvalue weighted by molar-refractivity contribution is -0.0191. The Balaban J connectivity index is 1.56. The summed E-state index contributed by atoms with van der Waals surface area (Å²) in [6.07, 6.45) is 7.73. The van der Waals surface area contributed by atoms with Crippen LogP contribution in [0, 0.1) is 29.1 Å². The highest BCUT2D eigenvalue weighted by molar-refractivity contribution is 6.08. The van der Waals surface area contributed by atoms with Crippen molar-refractivity contribution in [1.29, 1.82) is 5.26 Å².